The van der Waals surface area contributed by atoms with E-state index in [0.29, 0.717) is 24.3 Å². The maximum atomic E-state index is 12.8. The first-order chi connectivity index (χ1) is 9.28. The van der Waals surface area contributed by atoms with Crippen molar-refractivity contribution in [2.24, 2.45) is 5.92 Å². The van der Waals surface area contributed by atoms with E-state index >= 15 is 0 Å². The standard InChI is InChI=1S/C15H21FO3S/c1-12-6-8-15(17,9-7-12)11-20(18,19)10-13-2-4-14(16)5-3-13/h2-5,12,17H,6-11H2,1H3. The van der Waals surface area contributed by atoms with Crippen LogP contribution < -0.4 is 0 Å². The minimum Gasteiger partial charge on any atom is -0.389 e. The summed E-state index contributed by atoms with van der Waals surface area (Å²) in [6.07, 6.45) is 2.80. The molecule has 1 aliphatic carbocycles. The molecule has 0 saturated heterocycles. The molecule has 112 valence electrons. The molecule has 1 N–H and O–H groups in total. The van der Waals surface area contributed by atoms with Gasteiger partial charge in [-0.05, 0) is 49.3 Å². The Morgan fingerprint density at radius 1 is 1.25 bits per heavy atom. The summed E-state index contributed by atoms with van der Waals surface area (Å²) in [5, 5.41) is 10.4. The third kappa shape index (κ3) is 4.28. The zero-order valence-corrected chi connectivity index (χ0v) is 12.5. The average molecular weight is 300 g/mol. The van der Waals surface area contributed by atoms with Crippen LogP contribution in [0.3, 0.4) is 0 Å². The van der Waals surface area contributed by atoms with Crippen molar-refractivity contribution >= 4 is 9.84 Å². The highest BCUT2D eigenvalue weighted by Crippen LogP contribution is 2.33. The summed E-state index contributed by atoms with van der Waals surface area (Å²) in [4.78, 5) is 0. The van der Waals surface area contributed by atoms with Crippen LogP contribution in [0, 0.1) is 11.7 Å². The average Bonchev–Trinajstić information content (AvgIpc) is 2.35. The molecule has 1 aromatic rings. The van der Waals surface area contributed by atoms with Gasteiger partial charge >= 0.3 is 0 Å². The maximum Gasteiger partial charge on any atom is 0.157 e. The van der Waals surface area contributed by atoms with E-state index in [9.17, 15) is 17.9 Å². The van der Waals surface area contributed by atoms with Gasteiger partial charge in [-0.1, -0.05) is 19.1 Å². The first kappa shape index (κ1) is 15.4. The molecule has 0 amide bonds. The van der Waals surface area contributed by atoms with Crippen molar-refractivity contribution in [3.05, 3.63) is 35.6 Å². The van der Waals surface area contributed by atoms with E-state index < -0.39 is 15.4 Å². The number of hydrogen-bond donors (Lipinski definition) is 1. The third-order valence-electron chi connectivity index (χ3n) is 3.99. The molecule has 20 heavy (non-hydrogen) atoms. The third-order valence-corrected chi connectivity index (χ3v) is 5.74. The zero-order valence-electron chi connectivity index (χ0n) is 11.7. The summed E-state index contributed by atoms with van der Waals surface area (Å²) >= 11 is 0. The van der Waals surface area contributed by atoms with Gasteiger partial charge in [0.1, 0.15) is 5.82 Å². The molecule has 0 radical (unpaired) electrons. The zero-order chi connectivity index (χ0) is 14.8. The predicted molar refractivity (Wildman–Crippen MR) is 76.5 cm³/mol. The fraction of sp³-hybridized carbons (Fsp3) is 0.600. The fourth-order valence-corrected chi connectivity index (χ4v) is 4.65. The second kappa shape index (κ2) is 5.82. The lowest BCUT2D eigenvalue weighted by Gasteiger charge is -2.34. The van der Waals surface area contributed by atoms with Crippen LogP contribution in [0.2, 0.25) is 0 Å². The molecule has 0 bridgehead atoms. The van der Waals surface area contributed by atoms with E-state index in [-0.39, 0.29) is 17.3 Å². The SMILES string of the molecule is CC1CCC(O)(CS(=O)(=O)Cc2ccc(F)cc2)CC1. The van der Waals surface area contributed by atoms with E-state index in [1.807, 2.05) is 0 Å². The highest BCUT2D eigenvalue weighted by molar-refractivity contribution is 7.90. The quantitative estimate of drug-likeness (QED) is 0.930. The van der Waals surface area contributed by atoms with Gasteiger partial charge in [-0.25, -0.2) is 12.8 Å². The number of benzene rings is 1. The molecule has 0 aromatic heterocycles. The smallest absolute Gasteiger partial charge is 0.157 e. The Bertz CT molecular complexity index is 543. The van der Waals surface area contributed by atoms with Crippen LogP contribution in [0.15, 0.2) is 24.3 Å². The van der Waals surface area contributed by atoms with Gasteiger partial charge in [-0.3, -0.25) is 0 Å². The molecule has 5 heteroatoms. The molecular weight excluding hydrogens is 279 g/mol. The molecule has 1 fully saturated rings. The molecule has 0 spiro atoms. The summed E-state index contributed by atoms with van der Waals surface area (Å²) in [7, 11) is -3.40. The largest absolute Gasteiger partial charge is 0.389 e. The number of sulfone groups is 1. The molecule has 1 aliphatic rings. The predicted octanol–water partition coefficient (Wildman–Crippen LogP) is 2.68. The van der Waals surface area contributed by atoms with Gasteiger partial charge in [0.25, 0.3) is 0 Å². The lowest BCUT2D eigenvalue weighted by molar-refractivity contribution is 0.0135. The molecule has 1 saturated carbocycles. The van der Waals surface area contributed by atoms with Crippen LogP contribution >= 0.6 is 0 Å². The second-order valence-electron chi connectivity index (χ2n) is 6.07. The summed E-state index contributed by atoms with van der Waals surface area (Å²) < 4.78 is 37.2. The van der Waals surface area contributed by atoms with Crippen LogP contribution in [0.5, 0.6) is 0 Å². The molecule has 1 aromatic carbocycles. The summed E-state index contributed by atoms with van der Waals surface area (Å²) in [6.45, 7) is 2.12. The Kier molecular flexibility index (Phi) is 4.49. The molecule has 3 nitrogen and oxygen atoms in total. The van der Waals surface area contributed by atoms with Gasteiger partial charge < -0.3 is 5.11 Å². The van der Waals surface area contributed by atoms with E-state index in [4.69, 9.17) is 0 Å². The molecule has 0 aliphatic heterocycles. The van der Waals surface area contributed by atoms with E-state index in [2.05, 4.69) is 6.92 Å². The Morgan fingerprint density at radius 3 is 2.35 bits per heavy atom. The number of hydrogen-bond acceptors (Lipinski definition) is 3. The van der Waals surface area contributed by atoms with Gasteiger partial charge in [0, 0.05) is 0 Å². The topological polar surface area (TPSA) is 54.4 Å². The maximum absolute atomic E-state index is 12.8. The highest BCUT2D eigenvalue weighted by atomic mass is 32.2. The Morgan fingerprint density at radius 2 is 1.80 bits per heavy atom. The Labute approximate surface area is 119 Å². The van der Waals surface area contributed by atoms with Gasteiger partial charge in [0.05, 0.1) is 17.1 Å². The van der Waals surface area contributed by atoms with Crippen LogP contribution in [0.4, 0.5) is 4.39 Å². The van der Waals surface area contributed by atoms with E-state index in [1.165, 1.54) is 24.3 Å². The Hall–Kier alpha value is -0.940. The first-order valence-corrected chi connectivity index (χ1v) is 8.77. The van der Waals surface area contributed by atoms with Gasteiger partial charge in [-0.2, -0.15) is 0 Å². The van der Waals surface area contributed by atoms with Crippen molar-refractivity contribution in [2.45, 2.75) is 44.0 Å². The van der Waals surface area contributed by atoms with Crippen molar-refractivity contribution in [2.75, 3.05) is 5.75 Å². The molecule has 0 heterocycles. The minimum atomic E-state index is -3.40. The minimum absolute atomic E-state index is 0.148. The van der Waals surface area contributed by atoms with Gasteiger partial charge in [0.2, 0.25) is 0 Å². The summed E-state index contributed by atoms with van der Waals surface area (Å²) in [6, 6.07) is 5.45. The second-order valence-corrected chi connectivity index (χ2v) is 8.13. The van der Waals surface area contributed by atoms with Gasteiger partial charge in [-0.15, -0.1) is 0 Å². The van der Waals surface area contributed by atoms with Crippen molar-refractivity contribution < 1.29 is 17.9 Å². The fourth-order valence-electron chi connectivity index (χ4n) is 2.74. The molecular formula is C15H21FO3S. The summed E-state index contributed by atoms with van der Waals surface area (Å²) in [5.41, 5.74) is -0.537. The van der Waals surface area contributed by atoms with Crippen LogP contribution in [-0.4, -0.2) is 24.9 Å². The molecule has 0 unspecified atom stereocenters. The van der Waals surface area contributed by atoms with Crippen LogP contribution in [0.25, 0.3) is 0 Å². The van der Waals surface area contributed by atoms with Crippen molar-refractivity contribution in [3.8, 4) is 0 Å². The molecule has 0 atom stereocenters. The van der Waals surface area contributed by atoms with E-state index in [0.717, 1.165) is 12.8 Å². The lowest BCUT2D eigenvalue weighted by atomic mass is 9.81. The van der Waals surface area contributed by atoms with Crippen molar-refractivity contribution in [1.29, 1.82) is 0 Å². The number of aliphatic hydroxyl groups is 1. The highest BCUT2D eigenvalue weighted by Gasteiger charge is 2.36. The first-order valence-electron chi connectivity index (χ1n) is 6.95. The molecule has 2 rings (SSSR count). The van der Waals surface area contributed by atoms with Crippen LogP contribution in [0.1, 0.15) is 38.2 Å². The monoisotopic (exact) mass is 300 g/mol. The Balaban J connectivity index is 2.02. The number of halogens is 1. The van der Waals surface area contributed by atoms with Crippen molar-refractivity contribution in [3.63, 3.8) is 0 Å². The van der Waals surface area contributed by atoms with Crippen LogP contribution in [-0.2, 0) is 15.6 Å². The lowest BCUT2D eigenvalue weighted by Crippen LogP contribution is -2.40. The number of rotatable bonds is 4. The van der Waals surface area contributed by atoms with E-state index in [1.54, 1.807) is 0 Å². The summed E-state index contributed by atoms with van der Waals surface area (Å²) in [5.74, 6) is -0.184. The van der Waals surface area contributed by atoms with Crippen molar-refractivity contribution in [1.82, 2.24) is 0 Å². The normalized spacial score (nSPS) is 27.4. The van der Waals surface area contributed by atoms with Gasteiger partial charge in [0.15, 0.2) is 9.84 Å².